The first-order valence-corrected chi connectivity index (χ1v) is 10.5. The summed E-state index contributed by atoms with van der Waals surface area (Å²) in [5.41, 5.74) is 2.67. The number of benzene rings is 2. The molecular formula is C24H23F3N4O3. The van der Waals surface area contributed by atoms with Crippen LogP contribution in [0.3, 0.4) is 0 Å². The number of hydrogen-bond donors (Lipinski definition) is 3. The third-order valence-corrected chi connectivity index (χ3v) is 5.36. The number of halogens is 3. The number of alkyl halides is 3. The summed E-state index contributed by atoms with van der Waals surface area (Å²) < 4.78 is 44.7. The Balaban J connectivity index is 1.81. The Kier molecular flexibility index (Phi) is 6.71. The highest BCUT2D eigenvalue weighted by Gasteiger charge is 2.29. The maximum atomic E-state index is 13.6. The Morgan fingerprint density at radius 1 is 1.15 bits per heavy atom. The molecule has 34 heavy (non-hydrogen) atoms. The number of pyridine rings is 1. The van der Waals surface area contributed by atoms with Crippen molar-refractivity contribution in [3.8, 4) is 22.6 Å². The summed E-state index contributed by atoms with van der Waals surface area (Å²) >= 11 is 0. The van der Waals surface area contributed by atoms with E-state index in [4.69, 9.17) is 9.84 Å². The summed E-state index contributed by atoms with van der Waals surface area (Å²) in [7, 11) is 1.55. The third-order valence-electron chi connectivity index (χ3n) is 5.36. The van der Waals surface area contributed by atoms with Gasteiger partial charge in [0.25, 0.3) is 5.56 Å². The Bertz CT molecular complexity index is 1240. The lowest BCUT2D eigenvalue weighted by Gasteiger charge is -2.26. The molecule has 0 spiro atoms. The number of anilines is 1. The first-order valence-electron chi connectivity index (χ1n) is 10.5. The zero-order valence-electron chi connectivity index (χ0n) is 18.3. The largest absolute Gasteiger partial charge is 0.497 e. The maximum Gasteiger partial charge on any atom is 0.401 e. The van der Waals surface area contributed by atoms with Gasteiger partial charge in [-0.25, -0.2) is 0 Å². The number of ether oxygens (including phenoxy) is 1. The first kappa shape index (κ1) is 23.5. The number of fused-ring (bicyclic) bond motifs is 1. The fourth-order valence-corrected chi connectivity index (χ4v) is 3.69. The minimum Gasteiger partial charge on any atom is -0.497 e. The van der Waals surface area contributed by atoms with E-state index in [1.807, 2.05) is 0 Å². The van der Waals surface area contributed by atoms with Gasteiger partial charge in [-0.2, -0.15) is 13.2 Å². The average Bonchev–Trinajstić information content (AvgIpc) is 2.83. The van der Waals surface area contributed by atoms with Gasteiger partial charge in [0, 0.05) is 23.9 Å². The zero-order chi connectivity index (χ0) is 24.3. The molecule has 0 aliphatic carbocycles. The van der Waals surface area contributed by atoms with Crippen molar-refractivity contribution in [3.05, 3.63) is 76.1 Å². The minimum atomic E-state index is -4.40. The van der Waals surface area contributed by atoms with Crippen LogP contribution in [0, 0.1) is 0 Å². The highest BCUT2D eigenvalue weighted by molar-refractivity contribution is 5.91. The van der Waals surface area contributed by atoms with Crippen LogP contribution in [0.2, 0.25) is 0 Å². The highest BCUT2D eigenvalue weighted by atomic mass is 19.4. The molecule has 0 amide bonds. The molecule has 3 N–H and O–H groups in total. The van der Waals surface area contributed by atoms with Gasteiger partial charge < -0.3 is 15.2 Å². The van der Waals surface area contributed by atoms with E-state index in [1.165, 1.54) is 10.8 Å². The van der Waals surface area contributed by atoms with Crippen molar-refractivity contribution in [3.63, 3.8) is 0 Å². The van der Waals surface area contributed by atoms with E-state index in [0.717, 1.165) is 5.56 Å². The molecule has 0 saturated heterocycles. The normalized spacial score (nSPS) is 15.0. The topological polar surface area (TPSA) is 87.9 Å². The first-order chi connectivity index (χ1) is 16.3. The molecule has 7 nitrogen and oxygen atoms in total. The standard InChI is InChI=1S/C24H23F3N4O3/c1-34-19-8-4-16(5-9-19)20-12-17-13-28-23(29-14-24(25,26)27)30-21(17)31(22(20)33)18-6-2-15(3-7-18)10-11-32/h2-9,12-13,23,29-30,32H,10-11,14H2,1H3. The van der Waals surface area contributed by atoms with Crippen LogP contribution in [0.25, 0.3) is 16.8 Å². The Labute approximate surface area is 193 Å². The lowest BCUT2D eigenvalue weighted by atomic mass is 10.0. The predicted molar refractivity (Wildman–Crippen MR) is 124 cm³/mol. The number of aliphatic hydroxyl groups is 1. The van der Waals surface area contributed by atoms with Crippen molar-refractivity contribution < 1.29 is 23.0 Å². The molecule has 3 aromatic rings. The molecule has 0 fully saturated rings. The molecule has 0 saturated carbocycles. The Morgan fingerprint density at radius 2 is 1.85 bits per heavy atom. The summed E-state index contributed by atoms with van der Waals surface area (Å²) in [4.78, 5) is 17.8. The van der Waals surface area contributed by atoms with Crippen molar-refractivity contribution in [1.82, 2.24) is 9.88 Å². The van der Waals surface area contributed by atoms with Crippen LogP contribution in [-0.4, -0.2) is 48.6 Å². The number of hydrogen-bond acceptors (Lipinski definition) is 6. The minimum absolute atomic E-state index is 0.00772. The predicted octanol–water partition coefficient (Wildman–Crippen LogP) is 3.33. The number of nitrogens with one attached hydrogen (secondary N) is 2. The van der Waals surface area contributed by atoms with Gasteiger partial charge in [0.15, 0.2) is 6.29 Å². The molecule has 1 aliphatic heterocycles. The molecular weight excluding hydrogens is 449 g/mol. The number of nitrogens with zero attached hydrogens (tertiary/aromatic N) is 2. The molecule has 10 heteroatoms. The summed E-state index contributed by atoms with van der Waals surface area (Å²) in [5.74, 6) is 0.968. The van der Waals surface area contributed by atoms with E-state index < -0.39 is 19.0 Å². The highest BCUT2D eigenvalue weighted by Crippen LogP contribution is 2.27. The number of aromatic nitrogens is 1. The quantitative estimate of drug-likeness (QED) is 0.491. The summed E-state index contributed by atoms with van der Waals surface area (Å²) in [6.45, 7) is -1.24. The van der Waals surface area contributed by atoms with Gasteiger partial charge in [-0.3, -0.25) is 19.7 Å². The molecule has 2 aromatic carbocycles. The van der Waals surface area contributed by atoms with Crippen molar-refractivity contribution >= 4 is 12.0 Å². The van der Waals surface area contributed by atoms with E-state index in [9.17, 15) is 18.0 Å². The summed E-state index contributed by atoms with van der Waals surface area (Å²) in [5, 5.41) is 14.4. The Hall–Kier alpha value is -3.63. The smallest absolute Gasteiger partial charge is 0.401 e. The third kappa shape index (κ3) is 5.13. The summed E-state index contributed by atoms with van der Waals surface area (Å²) in [6, 6.07) is 15.7. The van der Waals surface area contributed by atoms with E-state index >= 15 is 0 Å². The van der Waals surface area contributed by atoms with Crippen LogP contribution in [0.1, 0.15) is 11.1 Å². The number of rotatable bonds is 7. The van der Waals surface area contributed by atoms with Gasteiger partial charge in [-0.15, -0.1) is 0 Å². The monoisotopic (exact) mass is 472 g/mol. The molecule has 1 aliphatic rings. The van der Waals surface area contributed by atoms with Crippen LogP contribution in [0.4, 0.5) is 19.0 Å². The Morgan fingerprint density at radius 3 is 2.47 bits per heavy atom. The molecule has 0 bridgehead atoms. The molecule has 1 atom stereocenters. The van der Waals surface area contributed by atoms with Gasteiger partial charge in [0.05, 0.1) is 19.3 Å². The van der Waals surface area contributed by atoms with Crippen molar-refractivity contribution in [2.75, 3.05) is 25.6 Å². The number of aliphatic hydroxyl groups excluding tert-OH is 1. The van der Waals surface area contributed by atoms with Crippen LogP contribution in [0.5, 0.6) is 5.75 Å². The average molecular weight is 472 g/mol. The van der Waals surface area contributed by atoms with E-state index in [2.05, 4.69) is 15.6 Å². The fourth-order valence-electron chi connectivity index (χ4n) is 3.69. The second-order valence-corrected chi connectivity index (χ2v) is 7.69. The van der Waals surface area contributed by atoms with E-state index in [-0.39, 0.29) is 12.2 Å². The van der Waals surface area contributed by atoms with Crippen LogP contribution < -0.4 is 20.9 Å². The van der Waals surface area contributed by atoms with Crippen LogP contribution in [0.15, 0.2) is 64.4 Å². The van der Waals surface area contributed by atoms with E-state index in [1.54, 1.807) is 61.7 Å². The van der Waals surface area contributed by atoms with Crippen molar-refractivity contribution in [2.45, 2.75) is 18.9 Å². The van der Waals surface area contributed by atoms with Crippen LogP contribution >= 0.6 is 0 Å². The van der Waals surface area contributed by atoms with Gasteiger partial charge in [0.2, 0.25) is 0 Å². The molecule has 178 valence electrons. The van der Waals surface area contributed by atoms with Crippen LogP contribution in [-0.2, 0) is 6.42 Å². The maximum absolute atomic E-state index is 13.6. The van der Waals surface area contributed by atoms with Crippen molar-refractivity contribution in [2.24, 2.45) is 4.99 Å². The number of aliphatic imine (C=N–C) groups is 1. The van der Waals surface area contributed by atoms with Gasteiger partial charge in [0.1, 0.15) is 11.6 Å². The lowest BCUT2D eigenvalue weighted by molar-refractivity contribution is -0.125. The van der Waals surface area contributed by atoms with Gasteiger partial charge >= 0.3 is 6.18 Å². The van der Waals surface area contributed by atoms with Crippen molar-refractivity contribution in [1.29, 1.82) is 0 Å². The second kappa shape index (κ2) is 9.70. The molecule has 1 unspecified atom stereocenters. The fraction of sp³-hybridized carbons (Fsp3) is 0.250. The summed E-state index contributed by atoms with van der Waals surface area (Å²) in [6.07, 6.45) is -3.55. The molecule has 4 rings (SSSR count). The molecule has 2 heterocycles. The van der Waals surface area contributed by atoms with Gasteiger partial charge in [-0.1, -0.05) is 24.3 Å². The molecule has 1 aromatic heterocycles. The van der Waals surface area contributed by atoms with Gasteiger partial charge in [-0.05, 0) is 47.9 Å². The zero-order valence-corrected chi connectivity index (χ0v) is 18.3. The lowest BCUT2D eigenvalue weighted by Crippen LogP contribution is -2.43. The number of methoxy groups -OCH3 is 1. The van der Waals surface area contributed by atoms with E-state index in [0.29, 0.717) is 40.4 Å². The second-order valence-electron chi connectivity index (χ2n) is 7.69. The SMILES string of the molecule is COc1ccc(-c2cc3c(n(-c4ccc(CCO)cc4)c2=O)NC(NCC(F)(F)F)N=C3)cc1. The molecule has 0 radical (unpaired) electrons.